The largest absolute Gasteiger partial charge is 0.229 e. The Morgan fingerprint density at radius 1 is 1.25 bits per heavy atom. The second-order valence-electron chi connectivity index (χ2n) is 3.73. The first-order valence-corrected chi connectivity index (χ1v) is 6.05. The summed E-state index contributed by atoms with van der Waals surface area (Å²) in [5.41, 5.74) is 0. The Bertz CT molecular complexity index is 209. The van der Waals surface area contributed by atoms with E-state index in [1.54, 1.807) is 0 Å². The third kappa shape index (κ3) is 6.61. The van der Waals surface area contributed by atoms with Gasteiger partial charge in [0.1, 0.15) is 0 Å². The zero-order chi connectivity index (χ0) is 9.78. The fraction of sp³-hybridized carbons (Fsp3) is 1.00. The lowest BCUT2D eigenvalue weighted by Crippen LogP contribution is -2.17. The summed E-state index contributed by atoms with van der Waals surface area (Å²) in [6.07, 6.45) is 1.62. The van der Waals surface area contributed by atoms with Crippen molar-refractivity contribution in [3.05, 3.63) is 0 Å². The highest BCUT2D eigenvalue weighted by Crippen LogP contribution is 2.15. The van der Waals surface area contributed by atoms with Crippen molar-refractivity contribution >= 4 is 10.0 Å². The van der Waals surface area contributed by atoms with Gasteiger partial charge in [0.15, 0.2) is 0 Å². The van der Waals surface area contributed by atoms with Crippen LogP contribution < -0.4 is 5.14 Å². The average Bonchev–Trinajstić information content (AvgIpc) is 1.84. The van der Waals surface area contributed by atoms with Gasteiger partial charge in [-0.05, 0) is 24.7 Å². The molecule has 0 fully saturated rings. The molecule has 0 aromatic rings. The summed E-state index contributed by atoms with van der Waals surface area (Å²) < 4.78 is 21.1. The molecule has 0 spiro atoms. The molecule has 2 N–H and O–H groups in total. The highest BCUT2D eigenvalue weighted by atomic mass is 32.2. The molecule has 1 unspecified atom stereocenters. The Kier molecular flexibility index (Phi) is 4.78. The monoisotopic (exact) mass is 193 g/mol. The van der Waals surface area contributed by atoms with Gasteiger partial charge in [-0.3, -0.25) is 0 Å². The number of nitrogens with two attached hydrogens (primary N) is 1. The number of rotatable bonds is 5. The fourth-order valence-corrected chi connectivity index (χ4v) is 1.51. The second-order valence-corrected chi connectivity index (χ2v) is 5.46. The Morgan fingerprint density at radius 3 is 2.08 bits per heavy atom. The molecule has 12 heavy (non-hydrogen) atoms. The van der Waals surface area contributed by atoms with E-state index in [1.807, 2.05) is 0 Å². The van der Waals surface area contributed by atoms with Crippen LogP contribution in [0.4, 0.5) is 0 Å². The number of primary sulfonamides is 1. The first kappa shape index (κ1) is 11.9. The lowest BCUT2D eigenvalue weighted by molar-refractivity contribution is 0.389. The molecule has 0 aromatic heterocycles. The summed E-state index contributed by atoms with van der Waals surface area (Å²) in [5.74, 6) is 1.31. The first-order chi connectivity index (χ1) is 5.33. The Labute approximate surface area is 75.4 Å². The molecular weight excluding hydrogens is 174 g/mol. The highest BCUT2D eigenvalue weighted by Gasteiger charge is 2.08. The Morgan fingerprint density at radius 2 is 1.75 bits per heavy atom. The lowest BCUT2D eigenvalue weighted by atomic mass is 9.94. The lowest BCUT2D eigenvalue weighted by Gasteiger charge is -2.14. The third-order valence-corrected chi connectivity index (χ3v) is 3.08. The Balaban J connectivity index is 3.58. The summed E-state index contributed by atoms with van der Waals surface area (Å²) in [4.78, 5) is 0. The van der Waals surface area contributed by atoms with E-state index in [2.05, 4.69) is 20.8 Å². The molecule has 0 heterocycles. The molecule has 0 aliphatic carbocycles. The van der Waals surface area contributed by atoms with Crippen molar-refractivity contribution in [3.63, 3.8) is 0 Å². The van der Waals surface area contributed by atoms with Crippen molar-refractivity contribution in [2.45, 2.75) is 33.6 Å². The topological polar surface area (TPSA) is 60.2 Å². The molecule has 4 heteroatoms. The zero-order valence-corrected chi connectivity index (χ0v) is 8.89. The fourth-order valence-electron chi connectivity index (χ4n) is 0.940. The van der Waals surface area contributed by atoms with Crippen LogP contribution in [-0.2, 0) is 10.0 Å². The van der Waals surface area contributed by atoms with Gasteiger partial charge < -0.3 is 0 Å². The van der Waals surface area contributed by atoms with Crippen LogP contribution in [-0.4, -0.2) is 14.2 Å². The van der Waals surface area contributed by atoms with Gasteiger partial charge in [-0.25, -0.2) is 13.6 Å². The summed E-state index contributed by atoms with van der Waals surface area (Å²) >= 11 is 0. The van der Waals surface area contributed by atoms with E-state index in [1.165, 1.54) is 0 Å². The van der Waals surface area contributed by atoms with E-state index in [9.17, 15) is 8.42 Å². The van der Waals surface area contributed by atoms with E-state index >= 15 is 0 Å². The molecule has 0 amide bonds. The van der Waals surface area contributed by atoms with E-state index < -0.39 is 10.0 Å². The summed E-state index contributed by atoms with van der Waals surface area (Å²) in [7, 11) is -3.25. The maximum Gasteiger partial charge on any atom is 0.209 e. The average molecular weight is 193 g/mol. The van der Waals surface area contributed by atoms with Crippen LogP contribution in [0, 0.1) is 11.8 Å². The van der Waals surface area contributed by atoms with Crippen LogP contribution in [0.3, 0.4) is 0 Å². The smallest absolute Gasteiger partial charge is 0.209 e. The van der Waals surface area contributed by atoms with E-state index in [0.29, 0.717) is 18.3 Å². The summed E-state index contributed by atoms with van der Waals surface area (Å²) in [6.45, 7) is 6.41. The van der Waals surface area contributed by atoms with E-state index in [4.69, 9.17) is 5.14 Å². The van der Waals surface area contributed by atoms with Gasteiger partial charge in [0.05, 0.1) is 5.75 Å². The highest BCUT2D eigenvalue weighted by molar-refractivity contribution is 7.89. The van der Waals surface area contributed by atoms with Gasteiger partial charge in [0, 0.05) is 0 Å². The predicted molar refractivity (Wildman–Crippen MR) is 51.2 cm³/mol. The first-order valence-electron chi connectivity index (χ1n) is 4.33. The van der Waals surface area contributed by atoms with Gasteiger partial charge in [-0.1, -0.05) is 20.8 Å². The van der Waals surface area contributed by atoms with Crippen molar-refractivity contribution in [1.29, 1.82) is 0 Å². The number of hydrogen-bond acceptors (Lipinski definition) is 2. The van der Waals surface area contributed by atoms with Crippen LogP contribution in [0.15, 0.2) is 0 Å². The summed E-state index contributed by atoms with van der Waals surface area (Å²) in [5, 5.41) is 4.87. The van der Waals surface area contributed by atoms with Gasteiger partial charge in [-0.2, -0.15) is 0 Å². The van der Waals surface area contributed by atoms with Gasteiger partial charge in [0.2, 0.25) is 10.0 Å². The molecule has 0 saturated carbocycles. The van der Waals surface area contributed by atoms with Crippen molar-refractivity contribution in [2.75, 3.05) is 5.75 Å². The van der Waals surface area contributed by atoms with Crippen molar-refractivity contribution in [1.82, 2.24) is 0 Å². The zero-order valence-electron chi connectivity index (χ0n) is 8.08. The van der Waals surface area contributed by atoms with E-state index in [-0.39, 0.29) is 5.75 Å². The molecule has 74 valence electrons. The minimum absolute atomic E-state index is 0.115. The summed E-state index contributed by atoms with van der Waals surface area (Å²) in [6, 6.07) is 0. The number of hydrogen-bond donors (Lipinski definition) is 1. The minimum atomic E-state index is -3.25. The van der Waals surface area contributed by atoms with Crippen molar-refractivity contribution in [3.8, 4) is 0 Å². The van der Waals surface area contributed by atoms with Crippen molar-refractivity contribution < 1.29 is 8.42 Å². The van der Waals surface area contributed by atoms with Gasteiger partial charge in [0.25, 0.3) is 0 Å². The second kappa shape index (κ2) is 4.82. The molecule has 0 rings (SSSR count). The molecular formula is C8H19NO2S. The van der Waals surface area contributed by atoms with Gasteiger partial charge in [-0.15, -0.1) is 0 Å². The molecule has 0 aromatic carbocycles. The van der Waals surface area contributed by atoms with Crippen LogP contribution in [0.2, 0.25) is 0 Å². The maximum atomic E-state index is 10.6. The number of sulfonamides is 1. The predicted octanol–water partition coefficient (Wildman–Crippen LogP) is 1.35. The molecule has 0 radical (unpaired) electrons. The van der Waals surface area contributed by atoms with Crippen molar-refractivity contribution in [2.24, 2.45) is 17.0 Å². The quantitative estimate of drug-likeness (QED) is 0.716. The van der Waals surface area contributed by atoms with Crippen LogP contribution >= 0.6 is 0 Å². The Hall–Kier alpha value is -0.0900. The molecule has 0 aliphatic heterocycles. The molecule has 3 nitrogen and oxygen atoms in total. The molecule has 0 saturated heterocycles. The molecule has 0 bridgehead atoms. The maximum absolute atomic E-state index is 10.6. The molecule has 0 aliphatic rings. The third-order valence-electron chi connectivity index (χ3n) is 2.23. The standard InChI is InChI=1S/C8H19NO2S/c1-7(2)8(3)5-4-6-12(9,10)11/h7-8H,4-6H2,1-3H3,(H2,9,10,11). The van der Waals surface area contributed by atoms with Crippen LogP contribution in [0.1, 0.15) is 33.6 Å². The SMILES string of the molecule is CC(C)C(C)CCCS(N)(=O)=O. The van der Waals surface area contributed by atoms with Crippen LogP contribution in [0.25, 0.3) is 0 Å². The molecule has 1 atom stereocenters. The van der Waals surface area contributed by atoms with E-state index in [0.717, 1.165) is 6.42 Å². The van der Waals surface area contributed by atoms with Crippen LogP contribution in [0.5, 0.6) is 0 Å². The minimum Gasteiger partial charge on any atom is -0.229 e. The normalized spacial score (nSPS) is 15.1. The van der Waals surface area contributed by atoms with Gasteiger partial charge >= 0.3 is 0 Å².